The summed E-state index contributed by atoms with van der Waals surface area (Å²) in [7, 11) is 1.64. The Hall–Kier alpha value is -3.27. The molecule has 0 unspecified atom stereocenters. The van der Waals surface area contributed by atoms with Gasteiger partial charge in [-0.2, -0.15) is 5.26 Å². The highest BCUT2D eigenvalue weighted by atomic mass is 32.2. The fourth-order valence-electron chi connectivity index (χ4n) is 4.61. The van der Waals surface area contributed by atoms with Gasteiger partial charge in [0.1, 0.15) is 5.75 Å². The Kier molecular flexibility index (Phi) is 5.60. The number of thioether (sulfide) groups is 1. The van der Waals surface area contributed by atoms with Crippen molar-refractivity contribution in [2.75, 3.05) is 19.7 Å². The first-order chi connectivity index (χ1) is 15.7. The van der Waals surface area contributed by atoms with Gasteiger partial charge in [0.05, 0.1) is 36.3 Å². The Labute approximate surface area is 191 Å². The molecule has 1 saturated heterocycles. The van der Waals surface area contributed by atoms with Gasteiger partial charge >= 0.3 is 0 Å². The van der Waals surface area contributed by atoms with E-state index in [-0.39, 0.29) is 18.2 Å². The second kappa shape index (κ2) is 8.70. The summed E-state index contributed by atoms with van der Waals surface area (Å²) in [5.41, 5.74) is 2.79. The molecule has 2 aliphatic rings. The lowest BCUT2D eigenvalue weighted by atomic mass is 9.83. The molecule has 3 aromatic rings. The molecule has 5 rings (SSSR count). The lowest BCUT2D eigenvalue weighted by Gasteiger charge is -2.41. The first-order valence-electron chi connectivity index (χ1n) is 10.6. The molecule has 0 bridgehead atoms. The molecule has 2 heterocycles. The molecule has 32 heavy (non-hydrogen) atoms. The maximum Gasteiger partial charge on any atom is 0.229 e. The number of benzene rings is 3. The number of methoxy groups -OCH3 is 1. The number of ether oxygens (including phenoxy) is 1. The van der Waals surface area contributed by atoms with Gasteiger partial charge in [0, 0.05) is 24.4 Å². The Morgan fingerprint density at radius 2 is 1.88 bits per heavy atom. The lowest BCUT2D eigenvalue weighted by Crippen LogP contribution is -2.46. The number of hydrogen-bond acceptors (Lipinski definition) is 5. The molecular weight excluding hydrogens is 418 g/mol. The molecule has 0 radical (unpaired) electrons. The average Bonchev–Trinajstić information content (AvgIpc) is 2.84. The predicted octanol–water partition coefficient (Wildman–Crippen LogP) is 5.06. The summed E-state index contributed by atoms with van der Waals surface area (Å²) in [6.45, 7) is 1.27. The zero-order valence-electron chi connectivity index (χ0n) is 17.8. The molecule has 160 valence electrons. The third-order valence-corrected chi connectivity index (χ3v) is 7.31. The van der Waals surface area contributed by atoms with Crippen molar-refractivity contribution >= 4 is 28.4 Å². The third-order valence-electron chi connectivity index (χ3n) is 6.10. The van der Waals surface area contributed by atoms with Crippen LogP contribution < -0.4 is 4.74 Å². The summed E-state index contributed by atoms with van der Waals surface area (Å²) < 4.78 is 5.68. The highest BCUT2D eigenvalue weighted by molar-refractivity contribution is 8.03. The summed E-state index contributed by atoms with van der Waals surface area (Å²) in [6.07, 6.45) is 0.260. The number of allylic oxidation sites excluding steroid dienone is 1. The SMILES string of the molecule is COc1ccc2ccccc2c1[C@@H]1CC(=O)N2CN(Cc3ccccc3)CSC2=C1C#N. The van der Waals surface area contributed by atoms with Crippen LogP contribution in [0.1, 0.15) is 23.5 Å². The van der Waals surface area contributed by atoms with Crippen LogP contribution in [0.5, 0.6) is 5.75 Å². The van der Waals surface area contributed by atoms with E-state index in [0.29, 0.717) is 12.2 Å². The number of nitriles is 1. The number of amides is 1. The molecule has 1 fully saturated rings. The van der Waals surface area contributed by atoms with Crippen molar-refractivity contribution < 1.29 is 9.53 Å². The highest BCUT2D eigenvalue weighted by Crippen LogP contribution is 2.46. The maximum absolute atomic E-state index is 13.3. The second-order valence-corrected chi connectivity index (χ2v) is 8.97. The van der Waals surface area contributed by atoms with Crippen molar-refractivity contribution in [3.63, 3.8) is 0 Å². The molecule has 0 aromatic heterocycles. The van der Waals surface area contributed by atoms with Crippen LogP contribution in [0.15, 0.2) is 77.3 Å². The number of carbonyl (C=O) groups is 1. The summed E-state index contributed by atoms with van der Waals surface area (Å²) in [5, 5.41) is 13.1. The normalized spacial score (nSPS) is 19.1. The largest absolute Gasteiger partial charge is 0.496 e. The minimum absolute atomic E-state index is 0.0456. The zero-order valence-corrected chi connectivity index (χ0v) is 18.6. The van der Waals surface area contributed by atoms with Crippen molar-refractivity contribution in [3.8, 4) is 11.8 Å². The van der Waals surface area contributed by atoms with Gasteiger partial charge in [-0.15, -0.1) is 0 Å². The minimum atomic E-state index is -0.312. The van der Waals surface area contributed by atoms with E-state index in [9.17, 15) is 10.1 Å². The molecule has 0 N–H and O–H groups in total. The van der Waals surface area contributed by atoms with Crippen molar-refractivity contribution in [3.05, 3.63) is 88.5 Å². The van der Waals surface area contributed by atoms with Crippen LogP contribution in [0.4, 0.5) is 0 Å². The molecular formula is C26H23N3O2S. The topological polar surface area (TPSA) is 56.6 Å². The van der Waals surface area contributed by atoms with Gasteiger partial charge in [-0.05, 0) is 22.4 Å². The van der Waals surface area contributed by atoms with Crippen molar-refractivity contribution in [1.82, 2.24) is 9.80 Å². The number of hydrogen-bond donors (Lipinski definition) is 0. The van der Waals surface area contributed by atoms with Crippen LogP contribution in [-0.2, 0) is 11.3 Å². The fourth-order valence-corrected chi connectivity index (χ4v) is 5.75. The second-order valence-electron chi connectivity index (χ2n) is 8.04. The van der Waals surface area contributed by atoms with Gasteiger partial charge in [-0.25, -0.2) is 0 Å². The summed E-state index contributed by atoms with van der Waals surface area (Å²) >= 11 is 1.58. The standard InChI is InChI=1S/C26H23N3O2S/c1-31-23-12-11-19-9-5-6-10-20(19)25(23)21-13-24(30)29-16-28(15-18-7-3-2-4-8-18)17-32-26(29)22(21)14-27/h2-12,21H,13,15-17H2,1H3/t21-/m1/s1. The molecule has 0 saturated carbocycles. The van der Waals surface area contributed by atoms with Gasteiger partial charge < -0.3 is 4.74 Å². The van der Waals surface area contributed by atoms with Crippen LogP contribution in [0, 0.1) is 11.3 Å². The first-order valence-corrected chi connectivity index (χ1v) is 11.6. The van der Waals surface area contributed by atoms with Gasteiger partial charge in [-0.3, -0.25) is 14.6 Å². The van der Waals surface area contributed by atoms with E-state index in [1.807, 2.05) is 54.6 Å². The van der Waals surface area contributed by atoms with Crippen molar-refractivity contribution in [2.45, 2.75) is 18.9 Å². The van der Waals surface area contributed by atoms with Crippen LogP contribution >= 0.6 is 11.8 Å². The van der Waals surface area contributed by atoms with Gasteiger partial charge in [0.15, 0.2) is 0 Å². The smallest absolute Gasteiger partial charge is 0.229 e. The Morgan fingerprint density at radius 1 is 1.09 bits per heavy atom. The molecule has 2 aliphatic heterocycles. The highest BCUT2D eigenvalue weighted by Gasteiger charge is 2.39. The zero-order chi connectivity index (χ0) is 22.1. The molecule has 1 atom stereocenters. The van der Waals surface area contributed by atoms with E-state index in [1.165, 1.54) is 5.56 Å². The first kappa shape index (κ1) is 20.6. The minimum Gasteiger partial charge on any atom is -0.496 e. The van der Waals surface area contributed by atoms with Crippen LogP contribution in [0.3, 0.4) is 0 Å². The number of fused-ring (bicyclic) bond motifs is 2. The van der Waals surface area contributed by atoms with Crippen LogP contribution in [0.2, 0.25) is 0 Å². The number of nitrogens with zero attached hydrogens (tertiary/aromatic N) is 3. The van der Waals surface area contributed by atoms with Gasteiger partial charge in [0.25, 0.3) is 0 Å². The average molecular weight is 442 g/mol. The molecule has 0 aliphatic carbocycles. The van der Waals surface area contributed by atoms with E-state index in [2.05, 4.69) is 23.1 Å². The Bertz CT molecular complexity index is 1250. The fraction of sp³-hybridized carbons (Fsp3) is 0.231. The van der Waals surface area contributed by atoms with E-state index >= 15 is 0 Å². The van der Waals surface area contributed by atoms with Crippen LogP contribution in [0.25, 0.3) is 10.8 Å². The lowest BCUT2D eigenvalue weighted by molar-refractivity contribution is -0.131. The maximum atomic E-state index is 13.3. The molecule has 1 amide bonds. The van der Waals surface area contributed by atoms with E-state index in [4.69, 9.17) is 4.74 Å². The molecule has 6 heteroatoms. The number of carbonyl (C=O) groups excluding carboxylic acids is 1. The van der Waals surface area contributed by atoms with Crippen molar-refractivity contribution in [2.24, 2.45) is 0 Å². The summed E-state index contributed by atoms with van der Waals surface area (Å²) in [6, 6.07) is 24.7. The van der Waals surface area contributed by atoms with E-state index in [1.54, 1.807) is 23.8 Å². The van der Waals surface area contributed by atoms with Crippen molar-refractivity contribution in [1.29, 1.82) is 5.26 Å². The van der Waals surface area contributed by atoms with Gasteiger partial charge in [-0.1, -0.05) is 72.4 Å². The van der Waals surface area contributed by atoms with Gasteiger partial charge in [0.2, 0.25) is 5.91 Å². The quantitative estimate of drug-likeness (QED) is 0.566. The molecule has 3 aromatic carbocycles. The Balaban J connectivity index is 1.53. The molecule has 0 spiro atoms. The van der Waals surface area contributed by atoms with E-state index < -0.39 is 0 Å². The molecule has 5 nitrogen and oxygen atoms in total. The third kappa shape index (κ3) is 3.64. The van der Waals surface area contributed by atoms with Crippen LogP contribution in [-0.4, -0.2) is 35.4 Å². The van der Waals surface area contributed by atoms with E-state index in [0.717, 1.165) is 39.5 Å². The summed E-state index contributed by atoms with van der Waals surface area (Å²) in [4.78, 5) is 17.3. The Morgan fingerprint density at radius 3 is 2.66 bits per heavy atom. The number of rotatable bonds is 4. The summed E-state index contributed by atoms with van der Waals surface area (Å²) in [5.74, 6) is 1.19. The predicted molar refractivity (Wildman–Crippen MR) is 127 cm³/mol. The monoisotopic (exact) mass is 441 g/mol.